The van der Waals surface area contributed by atoms with E-state index in [1.54, 1.807) is 14.2 Å². The Bertz CT molecular complexity index is 1150. The maximum absolute atomic E-state index is 6.95. The average Bonchev–Trinajstić information content (AvgIpc) is 3.16. The van der Waals surface area contributed by atoms with Crippen molar-refractivity contribution in [2.45, 2.75) is 13.3 Å². The van der Waals surface area contributed by atoms with Gasteiger partial charge in [0, 0.05) is 11.1 Å². The van der Waals surface area contributed by atoms with Crippen molar-refractivity contribution in [2.24, 2.45) is 0 Å². The van der Waals surface area contributed by atoms with Gasteiger partial charge in [-0.2, -0.15) is 5.10 Å². The highest BCUT2D eigenvalue weighted by Gasteiger charge is 2.21. The lowest BCUT2D eigenvalue weighted by Crippen LogP contribution is -2.03. The number of nitrogens with zero attached hydrogens (tertiary/aromatic N) is 2. The van der Waals surface area contributed by atoms with Crippen LogP contribution >= 0.6 is 11.6 Å². The standard InChI is InChI=1S/C25H23ClN2O2/c1-4-17-7-5-6-8-22(17)28-25(19-11-15-21(30-3)16-12-19)23(26)24(27-28)18-9-13-20(29-2)14-10-18/h5-16H,4H2,1-3H3. The summed E-state index contributed by atoms with van der Waals surface area (Å²) in [7, 11) is 3.31. The van der Waals surface area contributed by atoms with Crippen LogP contribution in [0.1, 0.15) is 12.5 Å². The molecule has 1 heterocycles. The molecule has 0 bridgehead atoms. The third-order valence-electron chi connectivity index (χ3n) is 5.16. The van der Waals surface area contributed by atoms with Gasteiger partial charge in [-0.1, -0.05) is 36.7 Å². The van der Waals surface area contributed by atoms with Crippen molar-refractivity contribution in [1.82, 2.24) is 9.78 Å². The summed E-state index contributed by atoms with van der Waals surface area (Å²) < 4.78 is 12.5. The second-order valence-electron chi connectivity index (χ2n) is 6.86. The lowest BCUT2D eigenvalue weighted by atomic mass is 10.1. The average molecular weight is 419 g/mol. The molecule has 3 aromatic carbocycles. The Kier molecular flexibility index (Phi) is 5.77. The van der Waals surface area contributed by atoms with Crippen molar-refractivity contribution < 1.29 is 9.47 Å². The van der Waals surface area contributed by atoms with E-state index in [9.17, 15) is 0 Å². The minimum atomic E-state index is 0.608. The fourth-order valence-electron chi connectivity index (χ4n) is 3.52. The Morgan fingerprint density at radius 2 is 1.37 bits per heavy atom. The van der Waals surface area contributed by atoms with E-state index >= 15 is 0 Å². The van der Waals surface area contributed by atoms with Crippen molar-refractivity contribution in [3.05, 3.63) is 83.4 Å². The second-order valence-corrected chi connectivity index (χ2v) is 7.24. The maximum Gasteiger partial charge on any atom is 0.118 e. The van der Waals surface area contributed by atoms with Crippen LogP contribution in [-0.4, -0.2) is 24.0 Å². The molecule has 4 rings (SSSR count). The Morgan fingerprint density at radius 3 is 1.93 bits per heavy atom. The van der Waals surface area contributed by atoms with Crippen LogP contribution in [0.15, 0.2) is 72.8 Å². The molecule has 0 atom stereocenters. The van der Waals surface area contributed by atoms with Crippen molar-refractivity contribution in [2.75, 3.05) is 14.2 Å². The third-order valence-corrected chi connectivity index (χ3v) is 5.51. The van der Waals surface area contributed by atoms with Gasteiger partial charge in [-0.3, -0.25) is 0 Å². The summed E-state index contributed by atoms with van der Waals surface area (Å²) in [5.41, 5.74) is 5.71. The predicted molar refractivity (Wildman–Crippen MR) is 122 cm³/mol. The Labute approximate surface area is 181 Å². The van der Waals surface area contributed by atoms with Gasteiger partial charge in [-0.05, 0) is 66.6 Å². The minimum Gasteiger partial charge on any atom is -0.497 e. The van der Waals surface area contributed by atoms with E-state index in [1.165, 1.54) is 5.56 Å². The number of aryl methyl sites for hydroxylation is 1. The zero-order valence-electron chi connectivity index (χ0n) is 17.2. The van der Waals surface area contributed by atoms with Crippen LogP contribution < -0.4 is 9.47 Å². The number of methoxy groups -OCH3 is 2. The molecule has 0 saturated heterocycles. The number of hydrogen-bond acceptors (Lipinski definition) is 3. The zero-order chi connectivity index (χ0) is 21.1. The monoisotopic (exact) mass is 418 g/mol. The highest BCUT2D eigenvalue weighted by molar-refractivity contribution is 6.35. The molecule has 30 heavy (non-hydrogen) atoms. The first kappa shape index (κ1) is 20.0. The third kappa shape index (κ3) is 3.66. The Morgan fingerprint density at radius 1 is 0.800 bits per heavy atom. The van der Waals surface area contributed by atoms with Crippen LogP contribution in [-0.2, 0) is 6.42 Å². The second kappa shape index (κ2) is 8.64. The molecule has 0 amide bonds. The molecular formula is C25H23ClN2O2. The van der Waals surface area contributed by atoms with Crippen LogP contribution in [0.25, 0.3) is 28.2 Å². The quantitative estimate of drug-likeness (QED) is 0.361. The van der Waals surface area contributed by atoms with Gasteiger partial charge in [-0.25, -0.2) is 4.68 Å². The van der Waals surface area contributed by atoms with Gasteiger partial charge in [0.2, 0.25) is 0 Å². The smallest absolute Gasteiger partial charge is 0.118 e. The lowest BCUT2D eigenvalue weighted by Gasteiger charge is -2.12. The first-order chi connectivity index (χ1) is 14.7. The number of aromatic nitrogens is 2. The van der Waals surface area contributed by atoms with E-state index in [1.807, 2.05) is 65.3 Å². The van der Waals surface area contributed by atoms with E-state index < -0.39 is 0 Å². The van der Waals surface area contributed by atoms with Crippen molar-refractivity contribution in [1.29, 1.82) is 0 Å². The molecule has 0 saturated carbocycles. The highest BCUT2D eigenvalue weighted by Crippen LogP contribution is 2.39. The zero-order valence-corrected chi connectivity index (χ0v) is 18.0. The SMILES string of the molecule is CCc1ccccc1-n1nc(-c2ccc(OC)cc2)c(Cl)c1-c1ccc(OC)cc1. The summed E-state index contributed by atoms with van der Waals surface area (Å²) in [5.74, 6) is 1.59. The fraction of sp³-hybridized carbons (Fsp3) is 0.160. The number of halogens is 1. The largest absolute Gasteiger partial charge is 0.497 e. The molecule has 4 aromatic rings. The molecule has 0 aliphatic carbocycles. The predicted octanol–water partition coefficient (Wildman–Crippen LogP) is 6.44. The number of benzene rings is 3. The van der Waals surface area contributed by atoms with Crippen LogP contribution in [0.3, 0.4) is 0 Å². The first-order valence-electron chi connectivity index (χ1n) is 9.82. The normalized spacial score (nSPS) is 10.8. The van der Waals surface area contributed by atoms with Gasteiger partial charge in [0.15, 0.2) is 0 Å². The molecule has 4 nitrogen and oxygen atoms in total. The van der Waals surface area contributed by atoms with Crippen LogP contribution in [0.5, 0.6) is 11.5 Å². The summed E-state index contributed by atoms with van der Waals surface area (Å²) in [6.07, 6.45) is 0.896. The minimum absolute atomic E-state index is 0.608. The van der Waals surface area contributed by atoms with E-state index in [0.29, 0.717) is 5.02 Å². The van der Waals surface area contributed by atoms with Gasteiger partial charge in [0.1, 0.15) is 17.2 Å². The van der Waals surface area contributed by atoms with Gasteiger partial charge in [0.05, 0.1) is 30.6 Å². The highest BCUT2D eigenvalue weighted by atomic mass is 35.5. The molecule has 1 aromatic heterocycles. The molecule has 0 N–H and O–H groups in total. The fourth-order valence-corrected chi connectivity index (χ4v) is 3.86. The summed E-state index contributed by atoms with van der Waals surface area (Å²) in [5, 5.41) is 5.55. The molecule has 152 valence electrons. The van der Waals surface area contributed by atoms with Crippen molar-refractivity contribution in [3.63, 3.8) is 0 Å². The van der Waals surface area contributed by atoms with Crippen molar-refractivity contribution in [3.8, 4) is 39.7 Å². The van der Waals surface area contributed by atoms with Gasteiger partial charge < -0.3 is 9.47 Å². The number of para-hydroxylation sites is 1. The van der Waals surface area contributed by atoms with E-state index in [0.717, 1.165) is 46.1 Å². The molecule has 0 spiro atoms. The molecule has 0 unspecified atom stereocenters. The maximum atomic E-state index is 6.95. The summed E-state index contributed by atoms with van der Waals surface area (Å²) in [6, 6.07) is 23.9. The molecule has 0 fully saturated rings. The van der Waals surface area contributed by atoms with Crippen molar-refractivity contribution >= 4 is 11.6 Å². The van der Waals surface area contributed by atoms with Gasteiger partial charge in [-0.15, -0.1) is 0 Å². The molecule has 0 aliphatic heterocycles. The van der Waals surface area contributed by atoms with E-state index in [-0.39, 0.29) is 0 Å². The molecule has 5 heteroatoms. The topological polar surface area (TPSA) is 36.3 Å². The van der Waals surface area contributed by atoms with Gasteiger partial charge >= 0.3 is 0 Å². The van der Waals surface area contributed by atoms with Crippen LogP contribution in [0.4, 0.5) is 0 Å². The number of hydrogen-bond donors (Lipinski definition) is 0. The van der Waals surface area contributed by atoms with E-state index in [2.05, 4.69) is 19.1 Å². The Hall–Kier alpha value is -3.24. The van der Waals surface area contributed by atoms with Crippen LogP contribution in [0, 0.1) is 0 Å². The molecule has 0 aliphatic rings. The summed E-state index contributed by atoms with van der Waals surface area (Å²) in [6.45, 7) is 2.14. The van der Waals surface area contributed by atoms with Crippen LogP contribution in [0.2, 0.25) is 5.02 Å². The summed E-state index contributed by atoms with van der Waals surface area (Å²) in [4.78, 5) is 0. The lowest BCUT2D eigenvalue weighted by molar-refractivity contribution is 0.414. The molecular weight excluding hydrogens is 396 g/mol. The molecule has 0 radical (unpaired) electrons. The number of ether oxygens (including phenoxy) is 2. The van der Waals surface area contributed by atoms with Gasteiger partial charge in [0.25, 0.3) is 0 Å². The summed E-state index contributed by atoms with van der Waals surface area (Å²) >= 11 is 6.95. The number of rotatable bonds is 6. The van der Waals surface area contributed by atoms with E-state index in [4.69, 9.17) is 26.2 Å². The first-order valence-corrected chi connectivity index (χ1v) is 10.2. The Balaban J connectivity index is 1.94.